The van der Waals surface area contributed by atoms with E-state index in [1.165, 1.54) is 11.1 Å². The lowest BCUT2D eigenvalue weighted by Crippen LogP contribution is -2.47. The van der Waals surface area contributed by atoms with Crippen LogP contribution in [0.1, 0.15) is 37.3 Å². The molecular weight excluding hydrogens is 326 g/mol. The van der Waals surface area contributed by atoms with E-state index in [2.05, 4.69) is 64.1 Å². The molecule has 1 unspecified atom stereocenters. The minimum atomic E-state index is 0.152. The molecule has 0 amide bonds. The van der Waals surface area contributed by atoms with Gasteiger partial charge in [0.1, 0.15) is 0 Å². The first kappa shape index (κ1) is 17.0. The van der Waals surface area contributed by atoms with Gasteiger partial charge in [0.15, 0.2) is 5.82 Å². The van der Waals surface area contributed by atoms with E-state index >= 15 is 0 Å². The predicted molar refractivity (Wildman–Crippen MR) is 102 cm³/mol. The Morgan fingerprint density at radius 1 is 1.12 bits per heavy atom. The van der Waals surface area contributed by atoms with Crippen molar-refractivity contribution in [1.82, 2.24) is 20.0 Å². The van der Waals surface area contributed by atoms with Gasteiger partial charge in [-0.2, -0.15) is 4.98 Å². The molecule has 1 aliphatic heterocycles. The number of rotatable bonds is 4. The summed E-state index contributed by atoms with van der Waals surface area (Å²) in [4.78, 5) is 14.0. The monoisotopic (exact) mass is 351 g/mol. The maximum absolute atomic E-state index is 5.35. The molecule has 3 aromatic rings. The minimum Gasteiger partial charge on any atom is -0.368 e. The third-order valence-electron chi connectivity index (χ3n) is 5.21. The maximum atomic E-state index is 5.35. The highest BCUT2D eigenvalue weighted by Gasteiger charge is 2.26. The second-order valence-electron chi connectivity index (χ2n) is 6.88. The third-order valence-corrected chi connectivity index (χ3v) is 5.21. The van der Waals surface area contributed by atoms with Crippen molar-refractivity contribution in [2.24, 2.45) is 0 Å². The predicted octanol–water partition coefficient (Wildman–Crippen LogP) is 3.37. The lowest BCUT2D eigenvalue weighted by atomic mass is 10.1. The van der Waals surface area contributed by atoms with E-state index < -0.39 is 0 Å². The number of aromatic nitrogens is 3. The van der Waals surface area contributed by atoms with Crippen molar-refractivity contribution >= 4 is 16.6 Å². The Hall–Kier alpha value is -2.47. The number of hydrogen-bond donors (Lipinski definition) is 0. The molecule has 1 fully saturated rings. The largest absolute Gasteiger partial charge is 0.368 e. The minimum absolute atomic E-state index is 0.152. The number of benzene rings is 1. The molecule has 0 N–H and O–H groups in total. The summed E-state index contributed by atoms with van der Waals surface area (Å²) < 4.78 is 5.35. The van der Waals surface area contributed by atoms with E-state index in [0.717, 1.165) is 43.8 Å². The van der Waals surface area contributed by atoms with Gasteiger partial charge in [0.25, 0.3) is 0 Å². The molecule has 1 atom stereocenters. The summed E-state index contributed by atoms with van der Waals surface area (Å²) in [6, 6.07) is 10.8. The number of pyridine rings is 1. The normalized spacial score (nSPS) is 17.0. The van der Waals surface area contributed by atoms with Gasteiger partial charge in [-0.1, -0.05) is 30.3 Å². The van der Waals surface area contributed by atoms with E-state index in [-0.39, 0.29) is 6.04 Å². The van der Waals surface area contributed by atoms with Crippen LogP contribution in [0.15, 0.2) is 34.9 Å². The van der Waals surface area contributed by atoms with Gasteiger partial charge < -0.3 is 9.42 Å². The second-order valence-corrected chi connectivity index (χ2v) is 6.88. The zero-order valence-electron chi connectivity index (χ0n) is 15.6. The third kappa shape index (κ3) is 3.17. The molecular formula is C20H25N5O. The fourth-order valence-electron chi connectivity index (χ4n) is 3.64. The summed E-state index contributed by atoms with van der Waals surface area (Å²) in [5, 5.41) is 5.15. The molecule has 136 valence electrons. The quantitative estimate of drug-likeness (QED) is 0.718. The van der Waals surface area contributed by atoms with Crippen molar-refractivity contribution in [3.63, 3.8) is 0 Å². The number of fused-ring (bicyclic) bond motifs is 1. The first-order valence-electron chi connectivity index (χ1n) is 9.33. The van der Waals surface area contributed by atoms with Crippen molar-refractivity contribution in [3.05, 3.63) is 47.7 Å². The van der Waals surface area contributed by atoms with E-state index in [4.69, 9.17) is 9.51 Å². The van der Waals surface area contributed by atoms with E-state index in [9.17, 15) is 0 Å². The molecule has 6 nitrogen and oxygen atoms in total. The Bertz CT molecular complexity index is 898. The molecule has 3 heterocycles. The number of para-hydroxylation sites is 1. The average molecular weight is 351 g/mol. The SMILES string of the molecule is CCc1cc(N2CCN(C(C)c3nc(C)no3)CC2)c2ccccc2n1. The van der Waals surface area contributed by atoms with Crippen molar-refractivity contribution in [2.75, 3.05) is 31.1 Å². The fraction of sp³-hybridized carbons (Fsp3) is 0.450. The lowest BCUT2D eigenvalue weighted by molar-refractivity contribution is 0.164. The first-order chi connectivity index (χ1) is 12.7. The summed E-state index contributed by atoms with van der Waals surface area (Å²) in [5.74, 6) is 1.40. The average Bonchev–Trinajstić information content (AvgIpc) is 3.13. The first-order valence-corrected chi connectivity index (χ1v) is 9.33. The van der Waals surface area contributed by atoms with Gasteiger partial charge in [-0.25, -0.2) is 0 Å². The van der Waals surface area contributed by atoms with Crippen LogP contribution in [0.5, 0.6) is 0 Å². The number of nitrogens with zero attached hydrogens (tertiary/aromatic N) is 5. The molecule has 1 aromatic carbocycles. The molecule has 6 heteroatoms. The van der Waals surface area contributed by atoms with Crippen molar-refractivity contribution in [3.8, 4) is 0 Å². The number of piperazine rings is 1. The van der Waals surface area contributed by atoms with Crippen LogP contribution in [0.4, 0.5) is 5.69 Å². The molecule has 0 saturated carbocycles. The van der Waals surface area contributed by atoms with Gasteiger partial charge in [0.2, 0.25) is 5.89 Å². The van der Waals surface area contributed by atoms with Crippen LogP contribution < -0.4 is 4.90 Å². The highest BCUT2D eigenvalue weighted by Crippen LogP contribution is 2.29. The number of hydrogen-bond acceptors (Lipinski definition) is 6. The molecule has 1 saturated heterocycles. The van der Waals surface area contributed by atoms with E-state index in [0.29, 0.717) is 11.7 Å². The lowest BCUT2D eigenvalue weighted by Gasteiger charge is -2.38. The summed E-state index contributed by atoms with van der Waals surface area (Å²) in [5.41, 5.74) is 3.53. The van der Waals surface area contributed by atoms with Crippen LogP contribution in [-0.4, -0.2) is 46.2 Å². The summed E-state index contributed by atoms with van der Waals surface area (Å²) in [7, 11) is 0. The van der Waals surface area contributed by atoms with E-state index in [1.54, 1.807) is 0 Å². The second kappa shape index (κ2) is 7.03. The van der Waals surface area contributed by atoms with Crippen molar-refractivity contribution < 1.29 is 4.52 Å². The Morgan fingerprint density at radius 2 is 1.88 bits per heavy atom. The highest BCUT2D eigenvalue weighted by atomic mass is 16.5. The Labute approximate surface area is 153 Å². The molecule has 2 aromatic heterocycles. The summed E-state index contributed by atoms with van der Waals surface area (Å²) in [6.07, 6.45) is 0.950. The smallest absolute Gasteiger partial charge is 0.243 e. The standard InChI is InChI=1S/C20H25N5O/c1-4-16-13-19(17-7-5-6-8-18(17)22-16)25-11-9-24(10-12-25)14(2)20-21-15(3)23-26-20/h5-8,13-14H,4,9-12H2,1-3H3. The molecule has 1 aliphatic rings. The molecule has 26 heavy (non-hydrogen) atoms. The topological polar surface area (TPSA) is 58.3 Å². The molecule has 0 spiro atoms. The molecule has 0 aliphatic carbocycles. The fourth-order valence-corrected chi connectivity index (χ4v) is 3.64. The Kier molecular flexibility index (Phi) is 4.59. The molecule has 4 rings (SSSR count). The van der Waals surface area contributed by atoms with Gasteiger partial charge in [-0.05, 0) is 32.4 Å². The van der Waals surface area contributed by atoms with Gasteiger partial charge >= 0.3 is 0 Å². The zero-order chi connectivity index (χ0) is 18.1. The van der Waals surface area contributed by atoms with Gasteiger partial charge in [-0.15, -0.1) is 0 Å². The van der Waals surface area contributed by atoms with Crippen LogP contribution in [0, 0.1) is 6.92 Å². The van der Waals surface area contributed by atoms with Crippen LogP contribution in [-0.2, 0) is 6.42 Å². The number of anilines is 1. The van der Waals surface area contributed by atoms with Crippen LogP contribution in [0.3, 0.4) is 0 Å². The van der Waals surface area contributed by atoms with Crippen LogP contribution in [0.25, 0.3) is 10.9 Å². The van der Waals surface area contributed by atoms with E-state index in [1.807, 2.05) is 6.92 Å². The Balaban J connectivity index is 1.54. The van der Waals surface area contributed by atoms with Crippen LogP contribution in [0.2, 0.25) is 0 Å². The van der Waals surface area contributed by atoms with Crippen molar-refractivity contribution in [2.45, 2.75) is 33.2 Å². The Morgan fingerprint density at radius 3 is 2.58 bits per heavy atom. The van der Waals surface area contributed by atoms with Crippen LogP contribution >= 0.6 is 0 Å². The van der Waals surface area contributed by atoms with Crippen molar-refractivity contribution in [1.29, 1.82) is 0 Å². The van der Waals surface area contributed by atoms with Gasteiger partial charge in [-0.3, -0.25) is 9.88 Å². The highest BCUT2D eigenvalue weighted by molar-refractivity contribution is 5.92. The summed E-state index contributed by atoms with van der Waals surface area (Å²) in [6.45, 7) is 10.1. The number of aryl methyl sites for hydroxylation is 2. The van der Waals surface area contributed by atoms with Gasteiger partial charge in [0.05, 0.1) is 11.6 Å². The zero-order valence-corrected chi connectivity index (χ0v) is 15.6. The molecule has 0 radical (unpaired) electrons. The summed E-state index contributed by atoms with van der Waals surface area (Å²) >= 11 is 0. The van der Waals surface area contributed by atoms with Gasteiger partial charge in [0, 0.05) is 42.9 Å². The maximum Gasteiger partial charge on any atom is 0.243 e. The molecule has 0 bridgehead atoms.